The van der Waals surface area contributed by atoms with E-state index in [1.54, 1.807) is 0 Å². The number of carbonyl (C=O) groups is 1. The molecule has 3 nitrogen and oxygen atoms in total. The van der Waals surface area contributed by atoms with Crippen molar-refractivity contribution < 1.29 is 4.79 Å². The molecule has 1 heterocycles. The Morgan fingerprint density at radius 3 is 3.10 bits per heavy atom. The van der Waals surface area contributed by atoms with Gasteiger partial charge in [0.05, 0.1) is 0 Å². The highest BCUT2D eigenvalue weighted by molar-refractivity contribution is 5.76. The predicted molar refractivity (Wildman–Crippen MR) is 39.7 cm³/mol. The molecule has 1 fully saturated rings. The fourth-order valence-electron chi connectivity index (χ4n) is 1.14. The van der Waals surface area contributed by atoms with Crippen molar-refractivity contribution in [3.8, 4) is 0 Å². The van der Waals surface area contributed by atoms with E-state index in [0.29, 0.717) is 12.5 Å². The van der Waals surface area contributed by atoms with E-state index in [2.05, 4.69) is 17.6 Å². The Hall–Kier alpha value is -0.570. The highest BCUT2D eigenvalue weighted by Gasteiger charge is 2.13. The maximum Gasteiger partial charge on any atom is 0.221 e. The molecule has 2 N–H and O–H groups in total. The van der Waals surface area contributed by atoms with Crippen LogP contribution < -0.4 is 10.6 Å². The van der Waals surface area contributed by atoms with E-state index >= 15 is 0 Å². The van der Waals surface area contributed by atoms with Crippen molar-refractivity contribution in [1.29, 1.82) is 0 Å². The first-order valence-corrected chi connectivity index (χ1v) is 3.83. The maximum atomic E-state index is 10.9. The van der Waals surface area contributed by atoms with Gasteiger partial charge in [0.2, 0.25) is 5.91 Å². The van der Waals surface area contributed by atoms with E-state index in [-0.39, 0.29) is 5.91 Å². The molecule has 0 aromatic heterocycles. The Morgan fingerprint density at radius 1 is 1.60 bits per heavy atom. The average molecular weight is 142 g/mol. The van der Waals surface area contributed by atoms with Crippen molar-refractivity contribution in [3.63, 3.8) is 0 Å². The zero-order valence-electron chi connectivity index (χ0n) is 6.31. The lowest BCUT2D eigenvalue weighted by atomic mass is 10.1. The van der Waals surface area contributed by atoms with Crippen LogP contribution in [0, 0.1) is 0 Å². The summed E-state index contributed by atoms with van der Waals surface area (Å²) >= 11 is 0. The minimum atomic E-state index is 0.178. The van der Waals surface area contributed by atoms with E-state index in [0.717, 1.165) is 19.5 Å². The van der Waals surface area contributed by atoms with Crippen molar-refractivity contribution in [1.82, 2.24) is 10.6 Å². The molecule has 0 radical (unpaired) electrons. The first-order valence-electron chi connectivity index (χ1n) is 3.83. The van der Waals surface area contributed by atoms with Gasteiger partial charge in [-0.25, -0.2) is 0 Å². The molecule has 3 heteroatoms. The standard InChI is InChI=1S/C7H14N2O/c1-2-6-5-7(10)9-4-3-8-6/h6,8H,2-5H2,1H3,(H,9,10)/t6-/m1/s1. The third-order valence-corrected chi connectivity index (χ3v) is 1.80. The third-order valence-electron chi connectivity index (χ3n) is 1.80. The molecule has 0 bridgehead atoms. The van der Waals surface area contributed by atoms with Gasteiger partial charge in [-0.3, -0.25) is 4.79 Å². The average Bonchev–Trinajstić information content (AvgIpc) is 2.13. The summed E-state index contributed by atoms with van der Waals surface area (Å²) in [4.78, 5) is 10.9. The topological polar surface area (TPSA) is 41.1 Å². The number of amides is 1. The predicted octanol–water partition coefficient (Wildman–Crippen LogP) is -0.126. The van der Waals surface area contributed by atoms with Crippen molar-refractivity contribution in [3.05, 3.63) is 0 Å². The van der Waals surface area contributed by atoms with Crippen LogP contribution >= 0.6 is 0 Å². The molecule has 1 amide bonds. The molecule has 1 atom stereocenters. The molecule has 58 valence electrons. The molecule has 0 saturated carbocycles. The fraction of sp³-hybridized carbons (Fsp3) is 0.857. The van der Waals surface area contributed by atoms with Crippen molar-refractivity contribution >= 4 is 5.91 Å². The van der Waals surface area contributed by atoms with Crippen LogP contribution in [0.3, 0.4) is 0 Å². The van der Waals surface area contributed by atoms with Gasteiger partial charge in [0, 0.05) is 25.6 Å². The van der Waals surface area contributed by atoms with Gasteiger partial charge in [-0.15, -0.1) is 0 Å². The monoisotopic (exact) mass is 142 g/mol. The van der Waals surface area contributed by atoms with Crippen molar-refractivity contribution in [2.24, 2.45) is 0 Å². The molecule has 1 saturated heterocycles. The van der Waals surface area contributed by atoms with Crippen LogP contribution in [0.25, 0.3) is 0 Å². The molecule has 0 aliphatic carbocycles. The van der Waals surface area contributed by atoms with Gasteiger partial charge in [-0.1, -0.05) is 6.92 Å². The summed E-state index contributed by atoms with van der Waals surface area (Å²) in [6.07, 6.45) is 1.67. The second-order valence-corrected chi connectivity index (χ2v) is 2.61. The van der Waals surface area contributed by atoms with E-state index in [4.69, 9.17) is 0 Å². The molecule has 1 aliphatic heterocycles. The second-order valence-electron chi connectivity index (χ2n) is 2.61. The molecular formula is C7H14N2O. The molecule has 0 spiro atoms. The van der Waals surface area contributed by atoms with Gasteiger partial charge in [-0.05, 0) is 6.42 Å². The first kappa shape index (κ1) is 7.54. The number of nitrogens with one attached hydrogen (secondary N) is 2. The normalized spacial score (nSPS) is 27.3. The van der Waals surface area contributed by atoms with E-state index < -0.39 is 0 Å². The summed E-state index contributed by atoms with van der Waals surface area (Å²) in [5.41, 5.74) is 0. The number of rotatable bonds is 1. The quantitative estimate of drug-likeness (QED) is 0.535. The Kier molecular flexibility index (Phi) is 2.68. The first-order chi connectivity index (χ1) is 4.83. The Labute approximate surface area is 61.2 Å². The lowest BCUT2D eigenvalue weighted by molar-refractivity contribution is -0.121. The number of carbonyl (C=O) groups excluding carboxylic acids is 1. The molecule has 0 unspecified atom stereocenters. The second kappa shape index (κ2) is 3.56. The van der Waals surface area contributed by atoms with Crippen LogP contribution in [0.15, 0.2) is 0 Å². The lowest BCUT2D eigenvalue weighted by Crippen LogP contribution is -2.29. The number of hydrogen-bond donors (Lipinski definition) is 2. The molecule has 0 aromatic carbocycles. The zero-order valence-corrected chi connectivity index (χ0v) is 6.31. The van der Waals surface area contributed by atoms with Gasteiger partial charge in [-0.2, -0.15) is 0 Å². The van der Waals surface area contributed by atoms with Crippen LogP contribution in [0.4, 0.5) is 0 Å². The van der Waals surface area contributed by atoms with Crippen molar-refractivity contribution in [2.75, 3.05) is 13.1 Å². The lowest BCUT2D eigenvalue weighted by Gasteiger charge is -2.09. The highest BCUT2D eigenvalue weighted by Crippen LogP contribution is 1.98. The minimum Gasteiger partial charge on any atom is -0.355 e. The van der Waals surface area contributed by atoms with Crippen molar-refractivity contribution in [2.45, 2.75) is 25.8 Å². The molecule has 10 heavy (non-hydrogen) atoms. The molecule has 0 aromatic rings. The van der Waals surface area contributed by atoms with Gasteiger partial charge in [0.25, 0.3) is 0 Å². The van der Waals surface area contributed by atoms with Crippen LogP contribution in [-0.2, 0) is 4.79 Å². The maximum absolute atomic E-state index is 10.9. The van der Waals surface area contributed by atoms with Crippen LogP contribution in [0.5, 0.6) is 0 Å². The summed E-state index contributed by atoms with van der Waals surface area (Å²) in [5, 5.41) is 6.09. The smallest absolute Gasteiger partial charge is 0.221 e. The van der Waals surface area contributed by atoms with Gasteiger partial charge in [0.1, 0.15) is 0 Å². The summed E-state index contributed by atoms with van der Waals surface area (Å²) < 4.78 is 0. The summed E-state index contributed by atoms with van der Waals surface area (Å²) in [5.74, 6) is 0.178. The Morgan fingerprint density at radius 2 is 2.40 bits per heavy atom. The molecule has 1 aliphatic rings. The molecule has 1 rings (SSSR count). The minimum absolute atomic E-state index is 0.178. The van der Waals surface area contributed by atoms with Gasteiger partial charge in [0.15, 0.2) is 0 Å². The summed E-state index contributed by atoms with van der Waals surface area (Å²) in [6.45, 7) is 3.77. The van der Waals surface area contributed by atoms with Crippen LogP contribution in [-0.4, -0.2) is 25.0 Å². The van der Waals surface area contributed by atoms with E-state index in [1.807, 2.05) is 0 Å². The summed E-state index contributed by atoms with van der Waals surface area (Å²) in [7, 11) is 0. The molecular weight excluding hydrogens is 128 g/mol. The third kappa shape index (κ3) is 1.99. The van der Waals surface area contributed by atoms with Crippen LogP contribution in [0.1, 0.15) is 19.8 Å². The fourth-order valence-corrected chi connectivity index (χ4v) is 1.14. The highest BCUT2D eigenvalue weighted by atomic mass is 16.1. The zero-order chi connectivity index (χ0) is 7.40. The largest absolute Gasteiger partial charge is 0.355 e. The van der Waals surface area contributed by atoms with Gasteiger partial charge >= 0.3 is 0 Å². The van der Waals surface area contributed by atoms with E-state index in [9.17, 15) is 4.79 Å². The number of hydrogen-bond acceptors (Lipinski definition) is 2. The SMILES string of the molecule is CC[C@@H]1CC(=O)NCCN1. The Balaban J connectivity index is 2.38. The Bertz CT molecular complexity index is 125. The van der Waals surface area contributed by atoms with Crippen LogP contribution in [0.2, 0.25) is 0 Å². The summed E-state index contributed by atoms with van der Waals surface area (Å²) in [6, 6.07) is 0.391. The van der Waals surface area contributed by atoms with Gasteiger partial charge < -0.3 is 10.6 Å². The van der Waals surface area contributed by atoms with E-state index in [1.165, 1.54) is 0 Å².